The first-order valence-corrected chi connectivity index (χ1v) is 22.4. The molecule has 11 nitrogen and oxygen atoms in total. The largest absolute Gasteiger partial charge is 0.417 e. The van der Waals surface area contributed by atoms with Gasteiger partial charge in [0, 0.05) is 98.3 Å². The number of benzene rings is 6. The highest BCUT2D eigenvalue weighted by Crippen LogP contribution is 2.50. The van der Waals surface area contributed by atoms with Crippen molar-refractivity contribution in [2.24, 2.45) is 9.98 Å². The molecule has 0 atom stereocenters. The van der Waals surface area contributed by atoms with Gasteiger partial charge in [0.1, 0.15) is 11.6 Å². The number of aromatic nitrogens is 8. The predicted molar refractivity (Wildman–Crippen MR) is 269 cm³/mol. The number of hydrogen-bond acceptors (Lipinski definition) is 8. The van der Waals surface area contributed by atoms with Crippen LogP contribution in [0.25, 0.3) is 100 Å². The first-order valence-electron chi connectivity index (χ1n) is 22.4. The Kier molecular flexibility index (Phi) is 11.2. The lowest BCUT2D eigenvalue weighted by molar-refractivity contribution is -0.142. The van der Waals surface area contributed by atoms with Crippen molar-refractivity contribution in [1.82, 2.24) is 39.0 Å². The van der Waals surface area contributed by atoms with E-state index >= 15 is 26.3 Å². The second-order valence-electron chi connectivity index (χ2n) is 16.6. The maximum Gasteiger partial charge on any atom is 0.417 e. The number of allylic oxidation sites excluding steroid dienone is 1. The Bertz CT molecular complexity index is 3970. The maximum atomic E-state index is 15.5. The molecule has 0 aliphatic heterocycles. The number of amidine groups is 1. The van der Waals surface area contributed by atoms with Crippen LogP contribution in [0.4, 0.5) is 26.3 Å². The number of halogens is 6. The fourth-order valence-corrected chi connectivity index (χ4v) is 9.42. The average molecular weight is 974 g/mol. The van der Waals surface area contributed by atoms with E-state index < -0.39 is 34.6 Å². The van der Waals surface area contributed by atoms with Gasteiger partial charge in [-0.1, -0.05) is 66.7 Å². The van der Waals surface area contributed by atoms with Gasteiger partial charge in [0.2, 0.25) is 0 Å². The van der Waals surface area contributed by atoms with E-state index in [-0.39, 0.29) is 22.8 Å². The lowest BCUT2D eigenvalue weighted by Crippen LogP contribution is -2.16. The van der Waals surface area contributed by atoms with Crippen molar-refractivity contribution in [1.29, 1.82) is 5.26 Å². The zero-order chi connectivity index (χ0) is 50.6. The molecule has 5 aromatic heterocycles. The van der Waals surface area contributed by atoms with E-state index in [1.54, 1.807) is 126 Å². The Morgan fingerprint density at radius 3 is 1.42 bits per heavy atom. The van der Waals surface area contributed by atoms with Gasteiger partial charge < -0.3 is 9.13 Å². The molecule has 17 heteroatoms. The fraction of sp³-hybridized carbons (Fsp3) is 0.0536. The zero-order valence-corrected chi connectivity index (χ0v) is 38.1. The van der Waals surface area contributed by atoms with Gasteiger partial charge in [-0.15, -0.1) is 0 Å². The van der Waals surface area contributed by atoms with Crippen LogP contribution in [-0.2, 0) is 12.4 Å². The van der Waals surface area contributed by atoms with Gasteiger partial charge in [0.25, 0.3) is 0 Å². The molecule has 0 fully saturated rings. The molecule has 0 saturated carbocycles. The highest BCUT2D eigenvalue weighted by atomic mass is 19.4. The topological polar surface area (TPSA) is 136 Å². The summed E-state index contributed by atoms with van der Waals surface area (Å²) >= 11 is 0. The molecule has 0 bridgehead atoms. The Morgan fingerprint density at radius 1 is 0.562 bits per heavy atom. The minimum Gasteiger partial charge on any atom is -0.308 e. The van der Waals surface area contributed by atoms with Gasteiger partial charge in [0.05, 0.1) is 44.6 Å². The minimum absolute atomic E-state index is 0.112. The summed E-state index contributed by atoms with van der Waals surface area (Å²) in [5, 5.41) is 14.3. The second kappa shape index (κ2) is 17.9. The van der Waals surface area contributed by atoms with Crippen molar-refractivity contribution >= 4 is 56.2 Å². The summed E-state index contributed by atoms with van der Waals surface area (Å²) in [5.41, 5.74) is -1.58. The van der Waals surface area contributed by atoms with E-state index in [1.165, 1.54) is 12.1 Å². The molecule has 0 aliphatic carbocycles. The molecule has 11 rings (SSSR count). The number of fused-ring (bicyclic) bond motifs is 6. The summed E-state index contributed by atoms with van der Waals surface area (Å²) in [5.74, 6) is 1.22. The van der Waals surface area contributed by atoms with Crippen molar-refractivity contribution in [2.45, 2.75) is 19.3 Å². The molecule has 0 saturated heterocycles. The van der Waals surface area contributed by atoms with E-state index in [9.17, 15) is 5.26 Å². The van der Waals surface area contributed by atoms with Gasteiger partial charge in [0.15, 0.2) is 23.3 Å². The van der Waals surface area contributed by atoms with Crippen LogP contribution in [0.1, 0.15) is 29.2 Å². The van der Waals surface area contributed by atoms with Gasteiger partial charge >= 0.3 is 12.4 Å². The summed E-state index contributed by atoms with van der Waals surface area (Å²) in [7, 11) is 0. The number of aliphatic imine (C=N–C) groups is 2. The molecule has 0 radical (unpaired) electrons. The van der Waals surface area contributed by atoms with E-state index in [0.717, 1.165) is 6.07 Å². The quantitative estimate of drug-likeness (QED) is 0.0840. The molecule has 0 N–H and O–H groups in total. The zero-order valence-electron chi connectivity index (χ0n) is 38.1. The molecular formula is C56H33F6N11. The Morgan fingerprint density at radius 2 is 1.00 bits per heavy atom. The smallest absolute Gasteiger partial charge is 0.308 e. The third kappa shape index (κ3) is 7.91. The lowest BCUT2D eigenvalue weighted by Gasteiger charge is -2.24. The van der Waals surface area contributed by atoms with Gasteiger partial charge in [-0.25, -0.2) is 39.9 Å². The molecule has 0 unspecified atom stereocenters. The van der Waals surface area contributed by atoms with Gasteiger partial charge in [-0.05, 0) is 74.3 Å². The summed E-state index contributed by atoms with van der Waals surface area (Å²) in [6.45, 7) is 5.53. The fourth-order valence-electron chi connectivity index (χ4n) is 9.42. The van der Waals surface area contributed by atoms with E-state index in [0.29, 0.717) is 95.5 Å². The number of nitrogens with zero attached hydrogens (tertiary/aromatic N) is 11. The summed E-state index contributed by atoms with van der Waals surface area (Å²) < 4.78 is 96.2. The summed E-state index contributed by atoms with van der Waals surface area (Å²) in [6.07, 6.45) is 2.05. The maximum absolute atomic E-state index is 15.5. The van der Waals surface area contributed by atoms with Crippen molar-refractivity contribution in [3.63, 3.8) is 0 Å². The highest BCUT2D eigenvalue weighted by molar-refractivity contribution is 6.14. The lowest BCUT2D eigenvalue weighted by atomic mass is 9.90. The van der Waals surface area contributed by atoms with Crippen LogP contribution < -0.4 is 0 Å². The van der Waals surface area contributed by atoms with Crippen LogP contribution >= 0.6 is 0 Å². The average Bonchev–Trinajstić information content (AvgIpc) is 3.92. The molecule has 354 valence electrons. The molecule has 0 spiro atoms. The number of nitriles is 1. The minimum atomic E-state index is -5.29. The first kappa shape index (κ1) is 45.7. The van der Waals surface area contributed by atoms with Crippen LogP contribution in [0, 0.1) is 11.3 Å². The van der Waals surface area contributed by atoms with Gasteiger partial charge in [-0.2, -0.15) is 31.6 Å². The van der Waals surface area contributed by atoms with Crippen LogP contribution in [-0.4, -0.2) is 51.6 Å². The molecular weight excluding hydrogens is 941 g/mol. The van der Waals surface area contributed by atoms with E-state index in [1.807, 2.05) is 30.3 Å². The molecule has 0 amide bonds. The molecule has 11 aromatic rings. The SMILES string of the molecule is C=NC(=N/C=C\C)c1ccc2c3ccc(-c4ncccn4)cc3n(-c3ccc(-c4c(C(F)(F)F)cccc4C(F)(F)F)c(-n4c5cc(-c6ncccn6)ccc5c5ccc(-c6ncccn6)cc54)c3C#N)c2c1. The number of alkyl halides is 6. The Balaban J connectivity index is 1.36. The number of hydrogen-bond donors (Lipinski definition) is 0. The molecule has 0 aliphatic rings. The van der Waals surface area contributed by atoms with Crippen LogP contribution in [0.5, 0.6) is 0 Å². The Labute approximate surface area is 410 Å². The van der Waals surface area contributed by atoms with Crippen LogP contribution in [0.2, 0.25) is 0 Å². The third-order valence-corrected chi connectivity index (χ3v) is 12.4. The van der Waals surface area contributed by atoms with E-state index in [2.05, 4.69) is 52.7 Å². The van der Waals surface area contributed by atoms with Crippen molar-refractivity contribution in [3.8, 4) is 62.7 Å². The molecule has 73 heavy (non-hydrogen) atoms. The van der Waals surface area contributed by atoms with Crippen molar-refractivity contribution in [3.05, 3.63) is 193 Å². The Hall–Kier alpha value is -9.69. The third-order valence-electron chi connectivity index (χ3n) is 12.4. The monoisotopic (exact) mass is 973 g/mol. The standard InChI is InChI=1S/C56H33F6N11/c1-3-20-65-51(64-2)32-10-14-36-37-15-11-33(52-66-21-5-22-67-52)28-46(37)72(45(36)27-32)44-19-18-40(49-42(55(57,58)59)8-4-9-43(49)56(60,61)62)50(41(44)31-63)73-47-29-34(53-68-23-6-24-69-53)12-16-38(47)39-17-13-35(30-48(39)73)54-70-25-7-26-71-54/h3-30H,2H2,1H3/b20-3-,65-51?. The summed E-state index contributed by atoms with van der Waals surface area (Å²) in [4.78, 5) is 35.4. The summed E-state index contributed by atoms with van der Waals surface area (Å²) in [6, 6.07) is 33.3. The van der Waals surface area contributed by atoms with Crippen molar-refractivity contribution in [2.75, 3.05) is 0 Å². The van der Waals surface area contributed by atoms with Crippen LogP contribution in [0.3, 0.4) is 0 Å². The normalized spacial score (nSPS) is 12.4. The van der Waals surface area contributed by atoms with E-state index in [4.69, 9.17) is 0 Å². The highest BCUT2D eigenvalue weighted by Gasteiger charge is 2.42. The number of rotatable bonds is 8. The van der Waals surface area contributed by atoms with Gasteiger partial charge in [-0.3, -0.25) is 0 Å². The first-order chi connectivity index (χ1) is 35.4. The van der Waals surface area contributed by atoms with Crippen molar-refractivity contribution < 1.29 is 26.3 Å². The van der Waals surface area contributed by atoms with Crippen LogP contribution in [0.15, 0.2) is 181 Å². The molecule has 6 aromatic carbocycles. The second-order valence-corrected chi connectivity index (χ2v) is 16.6. The predicted octanol–water partition coefficient (Wildman–Crippen LogP) is 13.8. The molecule has 5 heterocycles.